The van der Waals surface area contributed by atoms with Crippen LogP contribution in [0.3, 0.4) is 0 Å². The first-order valence-corrected chi connectivity index (χ1v) is 9.44. The molecule has 0 saturated carbocycles. The quantitative estimate of drug-likeness (QED) is 0.650. The van der Waals surface area contributed by atoms with Gasteiger partial charge >= 0.3 is 0 Å². The molecule has 3 rings (SSSR count). The molecule has 26 heavy (non-hydrogen) atoms. The van der Waals surface area contributed by atoms with Gasteiger partial charge in [0, 0.05) is 18.9 Å². The van der Waals surface area contributed by atoms with Gasteiger partial charge in [0.15, 0.2) is 11.6 Å². The van der Waals surface area contributed by atoms with Gasteiger partial charge in [-0.15, -0.1) is 0 Å². The lowest BCUT2D eigenvalue weighted by molar-refractivity contribution is 0.321. The van der Waals surface area contributed by atoms with Crippen LogP contribution in [0.4, 0.5) is 4.39 Å². The van der Waals surface area contributed by atoms with E-state index in [1.807, 2.05) is 0 Å². The number of rotatable bonds is 8. The van der Waals surface area contributed by atoms with Gasteiger partial charge in [-0.2, -0.15) is 5.10 Å². The lowest BCUT2D eigenvalue weighted by atomic mass is 10.2. The van der Waals surface area contributed by atoms with Crippen molar-refractivity contribution in [2.45, 2.75) is 17.9 Å². The van der Waals surface area contributed by atoms with Crippen LogP contribution in [-0.2, 0) is 10.0 Å². The number of nitrogens with zero attached hydrogens (tertiary/aromatic N) is 2. The fraction of sp³-hybridized carbons (Fsp3) is 0.235. The molecule has 1 atom stereocenters. The third kappa shape index (κ3) is 3.94. The van der Waals surface area contributed by atoms with Gasteiger partial charge in [-0.25, -0.2) is 17.5 Å². The minimum absolute atomic E-state index is 0.00758. The molecule has 0 fully saturated rings. The van der Waals surface area contributed by atoms with E-state index in [1.54, 1.807) is 42.2 Å². The third-order valence-electron chi connectivity index (χ3n) is 3.70. The molecule has 0 amide bonds. The van der Waals surface area contributed by atoms with Gasteiger partial charge in [-0.05, 0) is 43.3 Å². The van der Waals surface area contributed by atoms with E-state index in [1.165, 1.54) is 18.4 Å². The summed E-state index contributed by atoms with van der Waals surface area (Å²) in [6.45, 7) is 2.00. The molecule has 0 saturated heterocycles. The molecule has 0 aliphatic heterocycles. The molecule has 9 heteroatoms. The van der Waals surface area contributed by atoms with Crippen molar-refractivity contribution in [3.63, 3.8) is 0 Å². The highest BCUT2D eigenvalue weighted by molar-refractivity contribution is 7.89. The molecule has 0 aliphatic rings. The smallest absolute Gasteiger partial charge is 0.240 e. The van der Waals surface area contributed by atoms with Crippen molar-refractivity contribution in [2.24, 2.45) is 0 Å². The summed E-state index contributed by atoms with van der Waals surface area (Å²) in [6, 6.07) is 8.23. The zero-order chi connectivity index (χ0) is 18.6. The van der Waals surface area contributed by atoms with Crippen LogP contribution in [0.5, 0.6) is 5.75 Å². The van der Waals surface area contributed by atoms with Crippen LogP contribution in [0.15, 0.2) is 64.4 Å². The molecule has 0 bridgehead atoms. The number of aromatic nitrogens is 2. The highest BCUT2D eigenvalue weighted by Crippen LogP contribution is 2.22. The predicted octanol–water partition coefficient (Wildman–Crippen LogP) is 2.58. The van der Waals surface area contributed by atoms with E-state index in [-0.39, 0.29) is 23.8 Å². The number of furan rings is 1. The zero-order valence-electron chi connectivity index (χ0n) is 14.0. The average Bonchev–Trinajstić information content (AvgIpc) is 3.31. The van der Waals surface area contributed by atoms with E-state index in [4.69, 9.17) is 9.15 Å². The van der Waals surface area contributed by atoms with E-state index in [2.05, 4.69) is 9.82 Å². The molecular weight excluding hydrogens is 361 g/mol. The number of hydrogen-bond donors (Lipinski definition) is 1. The van der Waals surface area contributed by atoms with E-state index >= 15 is 0 Å². The lowest BCUT2D eigenvalue weighted by Gasteiger charge is -2.16. The first-order chi connectivity index (χ1) is 12.5. The first kappa shape index (κ1) is 18.2. The standard InChI is InChI=1S/C17H18FN3O4S/c1-2-24-16-7-6-13(11-14(16)18)26(22,23)20-12-15(17-5-3-10-25-17)21-9-4-8-19-21/h3-11,15,20H,2,12H2,1H3/t15-/m1/s1. The Hall–Kier alpha value is -2.65. The van der Waals surface area contributed by atoms with E-state index in [9.17, 15) is 12.8 Å². The predicted molar refractivity (Wildman–Crippen MR) is 91.8 cm³/mol. The monoisotopic (exact) mass is 379 g/mol. The van der Waals surface area contributed by atoms with E-state index in [0.29, 0.717) is 5.76 Å². The normalized spacial score (nSPS) is 12.8. The molecule has 2 heterocycles. The molecule has 0 unspecified atom stereocenters. The Morgan fingerprint density at radius 1 is 1.35 bits per heavy atom. The molecule has 7 nitrogen and oxygen atoms in total. The number of hydrogen-bond acceptors (Lipinski definition) is 5. The van der Waals surface area contributed by atoms with Crippen LogP contribution >= 0.6 is 0 Å². The van der Waals surface area contributed by atoms with Crippen molar-refractivity contribution in [2.75, 3.05) is 13.2 Å². The first-order valence-electron chi connectivity index (χ1n) is 7.96. The average molecular weight is 379 g/mol. The summed E-state index contributed by atoms with van der Waals surface area (Å²) in [6.07, 6.45) is 4.80. The van der Waals surface area contributed by atoms with Crippen molar-refractivity contribution < 1.29 is 22.0 Å². The van der Waals surface area contributed by atoms with Crippen LogP contribution in [0.1, 0.15) is 18.7 Å². The van der Waals surface area contributed by atoms with Crippen molar-refractivity contribution in [1.29, 1.82) is 0 Å². The van der Waals surface area contributed by atoms with Gasteiger partial charge in [-0.1, -0.05) is 0 Å². The summed E-state index contributed by atoms with van der Waals surface area (Å²) < 4.78 is 53.5. The van der Waals surface area contributed by atoms with Gasteiger partial charge in [0.05, 0.1) is 17.8 Å². The zero-order valence-corrected chi connectivity index (χ0v) is 14.8. The molecule has 0 radical (unpaired) electrons. The summed E-state index contributed by atoms with van der Waals surface area (Å²) in [4.78, 5) is -0.183. The fourth-order valence-corrected chi connectivity index (χ4v) is 3.51. The Bertz CT molecular complexity index is 906. The largest absolute Gasteiger partial charge is 0.491 e. The maximum absolute atomic E-state index is 14.0. The molecule has 1 N–H and O–H groups in total. The summed E-state index contributed by atoms with van der Waals surface area (Å²) >= 11 is 0. The lowest BCUT2D eigenvalue weighted by Crippen LogP contribution is -2.31. The Morgan fingerprint density at radius 3 is 2.81 bits per heavy atom. The second-order valence-corrected chi connectivity index (χ2v) is 7.16. The van der Waals surface area contributed by atoms with Gasteiger partial charge in [0.1, 0.15) is 11.8 Å². The van der Waals surface area contributed by atoms with Crippen LogP contribution in [0, 0.1) is 5.82 Å². The van der Waals surface area contributed by atoms with E-state index in [0.717, 1.165) is 6.07 Å². The number of ether oxygens (including phenoxy) is 1. The maximum atomic E-state index is 14.0. The number of halogens is 1. The molecule has 138 valence electrons. The molecule has 1 aromatic carbocycles. The summed E-state index contributed by atoms with van der Waals surface area (Å²) in [5.41, 5.74) is 0. The fourth-order valence-electron chi connectivity index (χ4n) is 2.46. The Morgan fingerprint density at radius 2 is 2.19 bits per heavy atom. The van der Waals surface area contributed by atoms with Gasteiger partial charge in [0.2, 0.25) is 10.0 Å². The van der Waals surface area contributed by atoms with Crippen LogP contribution in [0.2, 0.25) is 0 Å². The number of sulfonamides is 1. The second kappa shape index (κ2) is 7.71. The van der Waals surface area contributed by atoms with Crippen molar-refractivity contribution >= 4 is 10.0 Å². The van der Waals surface area contributed by atoms with Crippen molar-refractivity contribution in [3.8, 4) is 5.75 Å². The SMILES string of the molecule is CCOc1ccc(S(=O)(=O)NC[C@H](c2ccco2)n2cccn2)cc1F. The summed E-state index contributed by atoms with van der Waals surface area (Å²) in [5.74, 6) is -0.171. The Balaban J connectivity index is 1.79. The van der Waals surface area contributed by atoms with E-state index < -0.39 is 21.9 Å². The van der Waals surface area contributed by atoms with Gasteiger partial charge < -0.3 is 9.15 Å². The number of benzene rings is 1. The molecule has 0 spiro atoms. The molecule has 3 aromatic rings. The van der Waals surface area contributed by atoms with Crippen molar-refractivity contribution in [3.05, 3.63) is 66.6 Å². The minimum Gasteiger partial charge on any atom is -0.491 e. The van der Waals surface area contributed by atoms with Crippen molar-refractivity contribution in [1.82, 2.24) is 14.5 Å². The second-order valence-electron chi connectivity index (χ2n) is 5.39. The van der Waals surface area contributed by atoms with Crippen LogP contribution in [-0.4, -0.2) is 31.3 Å². The highest BCUT2D eigenvalue weighted by Gasteiger charge is 2.22. The third-order valence-corrected chi connectivity index (χ3v) is 5.12. The Kier molecular flexibility index (Phi) is 5.38. The topological polar surface area (TPSA) is 86.4 Å². The Labute approximate surface area is 150 Å². The summed E-state index contributed by atoms with van der Waals surface area (Å²) in [5, 5.41) is 4.14. The highest BCUT2D eigenvalue weighted by atomic mass is 32.2. The number of nitrogens with one attached hydrogen (secondary N) is 1. The molecular formula is C17H18FN3O4S. The minimum atomic E-state index is -3.92. The van der Waals surface area contributed by atoms with Crippen LogP contribution in [0.25, 0.3) is 0 Å². The van der Waals surface area contributed by atoms with Gasteiger partial charge in [-0.3, -0.25) is 4.68 Å². The van der Waals surface area contributed by atoms with Crippen LogP contribution < -0.4 is 9.46 Å². The maximum Gasteiger partial charge on any atom is 0.240 e. The molecule has 0 aliphatic carbocycles. The summed E-state index contributed by atoms with van der Waals surface area (Å²) in [7, 11) is -3.92. The molecule has 2 aromatic heterocycles. The van der Waals surface area contributed by atoms with Gasteiger partial charge in [0.25, 0.3) is 0 Å².